The number of nitrogens with one attached hydrogen (secondary N) is 1. The van der Waals surface area contributed by atoms with Crippen LogP contribution in [0.3, 0.4) is 0 Å². The van der Waals surface area contributed by atoms with E-state index in [9.17, 15) is 9.90 Å². The van der Waals surface area contributed by atoms with Gasteiger partial charge in [0.15, 0.2) is 0 Å². The zero-order valence-corrected chi connectivity index (χ0v) is 13.8. The lowest BCUT2D eigenvalue weighted by atomic mass is 10.1. The number of carbonyl (C=O) groups is 1. The normalized spacial score (nSPS) is 10.2. The Kier molecular flexibility index (Phi) is 5.44. The third kappa shape index (κ3) is 4.93. The van der Waals surface area contributed by atoms with Gasteiger partial charge in [-0.1, -0.05) is 6.07 Å². The lowest BCUT2D eigenvalue weighted by Crippen LogP contribution is -2.22. The van der Waals surface area contributed by atoms with Gasteiger partial charge in [-0.05, 0) is 71.0 Å². The van der Waals surface area contributed by atoms with Gasteiger partial charge >= 0.3 is 0 Å². The second kappa shape index (κ2) is 7.31. The number of aromatic hydroxyl groups is 1. The first-order chi connectivity index (χ1) is 10.0. The Hall–Kier alpha value is -1.76. The first-order valence-electron chi connectivity index (χ1n) is 6.54. The third-order valence-corrected chi connectivity index (χ3v) is 3.69. The van der Waals surface area contributed by atoms with Gasteiger partial charge in [0, 0.05) is 13.5 Å². The van der Waals surface area contributed by atoms with E-state index in [2.05, 4.69) is 27.9 Å². The Labute approximate surface area is 137 Å². The van der Waals surface area contributed by atoms with Crippen molar-refractivity contribution in [3.8, 4) is 17.2 Å². The number of amides is 1. The van der Waals surface area contributed by atoms with E-state index in [4.69, 9.17) is 4.74 Å². The van der Waals surface area contributed by atoms with Crippen LogP contribution in [0.2, 0.25) is 0 Å². The van der Waals surface area contributed by atoms with Gasteiger partial charge in [-0.2, -0.15) is 0 Å². The van der Waals surface area contributed by atoms with Crippen molar-refractivity contribution in [1.82, 2.24) is 5.32 Å². The molecule has 0 spiro atoms. The molecule has 2 aromatic carbocycles. The van der Waals surface area contributed by atoms with Crippen molar-refractivity contribution >= 4 is 28.5 Å². The number of carbonyl (C=O) groups excluding carboxylic acids is 1. The molecule has 0 radical (unpaired) electrons. The summed E-state index contributed by atoms with van der Waals surface area (Å²) in [6, 6.07) is 12.6. The van der Waals surface area contributed by atoms with Crippen LogP contribution in [0.25, 0.3) is 0 Å². The Morgan fingerprint density at radius 1 is 1.24 bits per heavy atom. The summed E-state index contributed by atoms with van der Waals surface area (Å²) in [6.07, 6.45) is 0.787. The minimum atomic E-state index is -0.0167. The van der Waals surface area contributed by atoms with Crippen molar-refractivity contribution in [3.05, 3.63) is 51.6 Å². The molecule has 0 aliphatic rings. The monoisotopic (exact) mass is 397 g/mol. The maximum absolute atomic E-state index is 10.8. The molecule has 0 fully saturated rings. The second-order valence-corrected chi connectivity index (χ2v) is 5.76. The van der Waals surface area contributed by atoms with Crippen molar-refractivity contribution in [2.75, 3.05) is 6.54 Å². The van der Waals surface area contributed by atoms with E-state index in [1.165, 1.54) is 6.92 Å². The summed E-state index contributed by atoms with van der Waals surface area (Å²) in [5.41, 5.74) is 1.14. The summed E-state index contributed by atoms with van der Waals surface area (Å²) in [6.45, 7) is 2.14. The van der Waals surface area contributed by atoms with Crippen molar-refractivity contribution in [2.24, 2.45) is 0 Å². The lowest BCUT2D eigenvalue weighted by Gasteiger charge is -2.10. The molecule has 0 heterocycles. The van der Waals surface area contributed by atoms with E-state index in [-0.39, 0.29) is 11.7 Å². The molecule has 110 valence electrons. The molecule has 2 N–H and O–H groups in total. The molecule has 0 aliphatic carbocycles. The molecule has 0 unspecified atom stereocenters. The minimum absolute atomic E-state index is 0.0167. The molecule has 4 nitrogen and oxygen atoms in total. The summed E-state index contributed by atoms with van der Waals surface area (Å²) < 4.78 is 6.77. The van der Waals surface area contributed by atoms with Crippen molar-refractivity contribution in [1.29, 1.82) is 0 Å². The van der Waals surface area contributed by atoms with E-state index in [1.807, 2.05) is 18.2 Å². The number of hydrogen-bond acceptors (Lipinski definition) is 3. The van der Waals surface area contributed by atoms with Crippen LogP contribution in [0.5, 0.6) is 17.2 Å². The molecule has 0 aliphatic heterocycles. The van der Waals surface area contributed by atoms with Gasteiger partial charge in [0.05, 0.1) is 3.57 Å². The topological polar surface area (TPSA) is 58.6 Å². The first-order valence-corrected chi connectivity index (χ1v) is 7.62. The van der Waals surface area contributed by atoms with Gasteiger partial charge in [-0.15, -0.1) is 0 Å². The largest absolute Gasteiger partial charge is 0.508 e. The first kappa shape index (κ1) is 15.6. The van der Waals surface area contributed by atoms with Crippen LogP contribution in [-0.2, 0) is 11.2 Å². The molecule has 0 atom stereocenters. The minimum Gasteiger partial charge on any atom is -0.508 e. The maximum atomic E-state index is 10.8. The van der Waals surface area contributed by atoms with Crippen molar-refractivity contribution < 1.29 is 14.6 Å². The Morgan fingerprint density at radius 2 is 1.95 bits per heavy atom. The average molecular weight is 397 g/mol. The van der Waals surface area contributed by atoms with Crippen LogP contribution in [0.4, 0.5) is 0 Å². The van der Waals surface area contributed by atoms with E-state index >= 15 is 0 Å². The fraction of sp³-hybridized carbons (Fsp3) is 0.188. The van der Waals surface area contributed by atoms with E-state index in [1.54, 1.807) is 24.3 Å². The van der Waals surface area contributed by atoms with Crippen LogP contribution in [0, 0.1) is 3.57 Å². The predicted molar refractivity (Wildman–Crippen MR) is 89.7 cm³/mol. The summed E-state index contributed by atoms with van der Waals surface area (Å²) in [5, 5.41) is 12.0. The highest BCUT2D eigenvalue weighted by molar-refractivity contribution is 14.1. The molecule has 0 saturated heterocycles. The van der Waals surface area contributed by atoms with Crippen molar-refractivity contribution in [2.45, 2.75) is 13.3 Å². The van der Waals surface area contributed by atoms with Gasteiger partial charge in [0.1, 0.15) is 17.2 Å². The number of benzene rings is 2. The van der Waals surface area contributed by atoms with Gasteiger partial charge < -0.3 is 15.2 Å². The number of phenolic OH excluding ortho intramolecular Hbond substituents is 1. The van der Waals surface area contributed by atoms with Gasteiger partial charge in [-0.25, -0.2) is 0 Å². The highest BCUT2D eigenvalue weighted by Gasteiger charge is 2.05. The average Bonchev–Trinajstić information content (AvgIpc) is 2.44. The highest BCUT2D eigenvalue weighted by Crippen LogP contribution is 2.28. The fourth-order valence-electron chi connectivity index (χ4n) is 1.81. The summed E-state index contributed by atoms with van der Waals surface area (Å²) >= 11 is 2.22. The number of phenols is 1. The maximum Gasteiger partial charge on any atom is 0.216 e. The van der Waals surface area contributed by atoms with Crippen LogP contribution in [-0.4, -0.2) is 17.6 Å². The second-order valence-electron chi connectivity index (χ2n) is 4.59. The standard InChI is InChI=1S/C16H16INO3/c1-11(19)18-9-8-12-2-7-16(15(17)10-12)21-14-5-3-13(20)4-6-14/h2-7,10,20H,8-9H2,1H3,(H,18,19). The fourth-order valence-corrected chi connectivity index (χ4v) is 2.50. The van der Waals surface area contributed by atoms with Gasteiger partial charge in [0.25, 0.3) is 0 Å². The van der Waals surface area contributed by atoms with Crippen molar-refractivity contribution in [3.63, 3.8) is 0 Å². The van der Waals surface area contributed by atoms with Crippen LogP contribution in [0.1, 0.15) is 12.5 Å². The molecule has 0 aromatic heterocycles. The zero-order valence-electron chi connectivity index (χ0n) is 11.6. The third-order valence-electron chi connectivity index (χ3n) is 2.85. The SMILES string of the molecule is CC(=O)NCCc1ccc(Oc2ccc(O)cc2)c(I)c1. The molecule has 2 rings (SSSR count). The molecule has 2 aromatic rings. The van der Waals surface area contributed by atoms with E-state index < -0.39 is 0 Å². The Morgan fingerprint density at radius 3 is 2.57 bits per heavy atom. The Balaban J connectivity index is 2.01. The molecule has 5 heteroatoms. The quantitative estimate of drug-likeness (QED) is 0.760. The molecule has 0 bridgehead atoms. The van der Waals surface area contributed by atoms with Crippen LogP contribution >= 0.6 is 22.6 Å². The summed E-state index contributed by atoms with van der Waals surface area (Å²) in [4.78, 5) is 10.8. The number of rotatable bonds is 5. The zero-order chi connectivity index (χ0) is 15.2. The van der Waals surface area contributed by atoms with Crippen LogP contribution in [0.15, 0.2) is 42.5 Å². The number of halogens is 1. The lowest BCUT2D eigenvalue weighted by molar-refractivity contribution is -0.118. The number of hydrogen-bond donors (Lipinski definition) is 2. The summed E-state index contributed by atoms with van der Waals surface area (Å²) in [7, 11) is 0. The smallest absolute Gasteiger partial charge is 0.216 e. The van der Waals surface area contributed by atoms with E-state index in [0.29, 0.717) is 12.3 Å². The van der Waals surface area contributed by atoms with Gasteiger partial charge in [0.2, 0.25) is 5.91 Å². The predicted octanol–water partition coefficient (Wildman–Crippen LogP) is 3.47. The molecular weight excluding hydrogens is 381 g/mol. The van der Waals surface area contributed by atoms with Gasteiger partial charge in [-0.3, -0.25) is 4.79 Å². The molecule has 0 saturated carbocycles. The molecule has 21 heavy (non-hydrogen) atoms. The highest BCUT2D eigenvalue weighted by atomic mass is 127. The summed E-state index contributed by atoms with van der Waals surface area (Å²) in [5.74, 6) is 1.64. The van der Waals surface area contributed by atoms with Crippen LogP contribution < -0.4 is 10.1 Å². The molecular formula is C16H16INO3. The Bertz CT molecular complexity index is 626. The molecule has 1 amide bonds. The number of ether oxygens (including phenoxy) is 1. The van der Waals surface area contributed by atoms with E-state index in [0.717, 1.165) is 21.3 Å².